The Morgan fingerprint density at radius 3 is 2.85 bits per heavy atom. The molecular weight excluding hydrogens is 332 g/mol. The summed E-state index contributed by atoms with van der Waals surface area (Å²) >= 11 is 0. The Hall–Kier alpha value is -1.96. The maximum atomic E-state index is 13.1. The highest BCUT2D eigenvalue weighted by Crippen LogP contribution is 2.27. The van der Waals surface area contributed by atoms with Crippen molar-refractivity contribution in [1.29, 1.82) is 0 Å². The van der Waals surface area contributed by atoms with Crippen molar-refractivity contribution in [2.75, 3.05) is 52.5 Å². The standard InChI is InChI=1S/C19H26N4O3/c1-13-2-3-17-16(8-13)18(21-20-17)19(25)23-10-14(15(11-23)12-24)9-22-4-6-26-7-5-22/h2-3,8,14-15,24H,4-7,9-12H2,1H3,(H,20,21)/t14-,15-/m1/s1. The fourth-order valence-corrected chi connectivity index (χ4v) is 4.07. The van der Waals surface area contributed by atoms with E-state index in [1.807, 2.05) is 30.0 Å². The van der Waals surface area contributed by atoms with Crippen LogP contribution in [0, 0.1) is 18.8 Å². The molecule has 2 saturated heterocycles. The van der Waals surface area contributed by atoms with Crippen molar-refractivity contribution >= 4 is 16.8 Å². The predicted octanol–water partition coefficient (Wildman–Crippen LogP) is 0.884. The summed E-state index contributed by atoms with van der Waals surface area (Å²) < 4.78 is 5.41. The van der Waals surface area contributed by atoms with Gasteiger partial charge in [-0.2, -0.15) is 5.10 Å². The number of ether oxygens (including phenoxy) is 1. The number of morpholine rings is 1. The van der Waals surface area contributed by atoms with Crippen molar-refractivity contribution in [3.63, 3.8) is 0 Å². The molecule has 26 heavy (non-hydrogen) atoms. The highest BCUT2D eigenvalue weighted by Gasteiger charge is 2.37. The van der Waals surface area contributed by atoms with Gasteiger partial charge in [-0.15, -0.1) is 0 Å². The molecule has 0 spiro atoms. The van der Waals surface area contributed by atoms with Gasteiger partial charge in [-0.3, -0.25) is 14.8 Å². The minimum absolute atomic E-state index is 0.0511. The van der Waals surface area contributed by atoms with Crippen molar-refractivity contribution in [3.05, 3.63) is 29.5 Å². The number of hydrogen-bond donors (Lipinski definition) is 2. The number of fused-ring (bicyclic) bond motifs is 1. The number of aryl methyl sites for hydroxylation is 1. The Labute approximate surface area is 152 Å². The van der Waals surface area contributed by atoms with Crippen LogP contribution in [0.3, 0.4) is 0 Å². The highest BCUT2D eigenvalue weighted by molar-refractivity contribution is 6.04. The van der Waals surface area contributed by atoms with E-state index in [0.717, 1.165) is 49.3 Å². The Bertz CT molecular complexity index is 784. The number of carbonyl (C=O) groups is 1. The van der Waals surface area contributed by atoms with Crippen LogP contribution in [0.15, 0.2) is 18.2 Å². The first-order valence-electron chi connectivity index (χ1n) is 9.30. The number of aromatic amines is 1. The van der Waals surface area contributed by atoms with E-state index < -0.39 is 0 Å². The molecule has 1 aromatic carbocycles. The Balaban J connectivity index is 1.50. The molecule has 0 aliphatic carbocycles. The summed E-state index contributed by atoms with van der Waals surface area (Å²) in [4.78, 5) is 17.3. The number of aromatic nitrogens is 2. The fraction of sp³-hybridized carbons (Fsp3) is 0.579. The molecular formula is C19H26N4O3. The van der Waals surface area contributed by atoms with E-state index >= 15 is 0 Å². The SMILES string of the molecule is Cc1ccc2[nH]nc(C(=O)N3C[C@@H](CN4CCOCC4)[C@@H](CO)C3)c2c1. The first-order valence-corrected chi connectivity index (χ1v) is 9.30. The van der Waals surface area contributed by atoms with E-state index in [4.69, 9.17) is 4.74 Å². The van der Waals surface area contributed by atoms with E-state index in [2.05, 4.69) is 15.1 Å². The number of carbonyl (C=O) groups excluding carboxylic acids is 1. The molecule has 2 aromatic rings. The lowest BCUT2D eigenvalue weighted by atomic mass is 9.96. The van der Waals surface area contributed by atoms with E-state index in [-0.39, 0.29) is 24.3 Å². The molecule has 1 aromatic heterocycles. The normalized spacial score (nSPS) is 24.5. The summed E-state index contributed by atoms with van der Waals surface area (Å²) in [6.45, 7) is 7.65. The number of H-pyrrole nitrogens is 1. The maximum absolute atomic E-state index is 13.1. The number of aliphatic hydroxyl groups is 1. The number of amides is 1. The van der Waals surface area contributed by atoms with Crippen LogP contribution in [0.5, 0.6) is 0 Å². The number of hydrogen-bond acceptors (Lipinski definition) is 5. The molecule has 0 radical (unpaired) electrons. The zero-order valence-corrected chi connectivity index (χ0v) is 15.1. The lowest BCUT2D eigenvalue weighted by molar-refractivity contribution is 0.0264. The third-order valence-electron chi connectivity index (χ3n) is 5.62. The second kappa shape index (κ2) is 7.34. The predicted molar refractivity (Wildman–Crippen MR) is 98.1 cm³/mol. The van der Waals surface area contributed by atoms with Crippen LogP contribution >= 0.6 is 0 Å². The summed E-state index contributed by atoms with van der Waals surface area (Å²) in [5.41, 5.74) is 2.46. The molecule has 2 aliphatic rings. The van der Waals surface area contributed by atoms with Crippen molar-refractivity contribution in [1.82, 2.24) is 20.0 Å². The summed E-state index contributed by atoms with van der Waals surface area (Å²) in [6.07, 6.45) is 0. The van der Waals surface area contributed by atoms with E-state index in [1.54, 1.807) is 0 Å². The summed E-state index contributed by atoms with van der Waals surface area (Å²) in [6, 6.07) is 5.96. The number of likely N-dealkylation sites (tertiary alicyclic amines) is 1. The van der Waals surface area contributed by atoms with Crippen molar-refractivity contribution in [2.45, 2.75) is 6.92 Å². The minimum atomic E-state index is -0.0511. The zero-order valence-electron chi connectivity index (χ0n) is 15.1. The van der Waals surface area contributed by atoms with Gasteiger partial charge in [-0.05, 0) is 25.0 Å². The van der Waals surface area contributed by atoms with Gasteiger partial charge >= 0.3 is 0 Å². The third kappa shape index (κ3) is 3.34. The first kappa shape index (κ1) is 17.5. The Morgan fingerprint density at radius 1 is 1.31 bits per heavy atom. The van der Waals surface area contributed by atoms with Crippen LogP contribution in [-0.4, -0.2) is 83.6 Å². The molecule has 7 heteroatoms. The number of nitrogens with one attached hydrogen (secondary N) is 1. The van der Waals surface area contributed by atoms with Crippen LogP contribution in [0.2, 0.25) is 0 Å². The van der Waals surface area contributed by atoms with Gasteiger partial charge in [0.1, 0.15) is 0 Å². The van der Waals surface area contributed by atoms with Gasteiger partial charge in [-0.25, -0.2) is 0 Å². The lowest BCUT2D eigenvalue weighted by Gasteiger charge is -2.30. The molecule has 0 saturated carbocycles. The smallest absolute Gasteiger partial charge is 0.275 e. The summed E-state index contributed by atoms with van der Waals surface area (Å²) in [5.74, 6) is 0.354. The van der Waals surface area contributed by atoms with E-state index in [9.17, 15) is 9.90 Å². The second-order valence-corrected chi connectivity index (χ2v) is 7.45. The quantitative estimate of drug-likeness (QED) is 0.848. The highest BCUT2D eigenvalue weighted by atomic mass is 16.5. The molecule has 1 amide bonds. The van der Waals surface area contributed by atoms with Crippen molar-refractivity contribution in [3.8, 4) is 0 Å². The number of benzene rings is 1. The number of nitrogens with zero attached hydrogens (tertiary/aromatic N) is 3. The third-order valence-corrected chi connectivity index (χ3v) is 5.62. The largest absolute Gasteiger partial charge is 0.396 e. The molecule has 4 rings (SSSR count). The molecule has 3 heterocycles. The van der Waals surface area contributed by atoms with E-state index in [0.29, 0.717) is 18.8 Å². The average molecular weight is 358 g/mol. The second-order valence-electron chi connectivity index (χ2n) is 7.45. The van der Waals surface area contributed by atoms with Crippen LogP contribution in [-0.2, 0) is 4.74 Å². The first-order chi connectivity index (χ1) is 12.7. The van der Waals surface area contributed by atoms with Crippen LogP contribution < -0.4 is 0 Å². The number of aliphatic hydroxyl groups excluding tert-OH is 1. The molecule has 2 aliphatic heterocycles. The van der Waals surface area contributed by atoms with Crippen LogP contribution in [0.1, 0.15) is 16.1 Å². The van der Waals surface area contributed by atoms with Gasteiger partial charge < -0.3 is 14.7 Å². The number of rotatable bonds is 4. The summed E-state index contributed by atoms with van der Waals surface area (Å²) in [5, 5.41) is 17.9. The minimum Gasteiger partial charge on any atom is -0.396 e. The molecule has 2 N–H and O–H groups in total. The molecule has 0 bridgehead atoms. The lowest BCUT2D eigenvalue weighted by Crippen LogP contribution is -2.41. The van der Waals surface area contributed by atoms with Gasteiger partial charge in [0, 0.05) is 50.6 Å². The molecule has 2 fully saturated rings. The fourth-order valence-electron chi connectivity index (χ4n) is 4.07. The molecule has 7 nitrogen and oxygen atoms in total. The van der Waals surface area contributed by atoms with Crippen LogP contribution in [0.4, 0.5) is 0 Å². The van der Waals surface area contributed by atoms with Gasteiger partial charge in [0.05, 0.1) is 18.7 Å². The molecule has 140 valence electrons. The van der Waals surface area contributed by atoms with E-state index in [1.165, 1.54) is 0 Å². The zero-order chi connectivity index (χ0) is 18.1. The Morgan fingerprint density at radius 2 is 2.08 bits per heavy atom. The monoisotopic (exact) mass is 358 g/mol. The topological polar surface area (TPSA) is 81.7 Å². The van der Waals surface area contributed by atoms with Gasteiger partial charge in [-0.1, -0.05) is 11.6 Å². The molecule has 0 unspecified atom stereocenters. The van der Waals surface area contributed by atoms with Gasteiger partial charge in [0.25, 0.3) is 5.91 Å². The maximum Gasteiger partial charge on any atom is 0.275 e. The Kier molecular flexibility index (Phi) is 4.93. The summed E-state index contributed by atoms with van der Waals surface area (Å²) in [7, 11) is 0. The van der Waals surface area contributed by atoms with Gasteiger partial charge in [0.2, 0.25) is 0 Å². The van der Waals surface area contributed by atoms with Gasteiger partial charge in [0.15, 0.2) is 5.69 Å². The average Bonchev–Trinajstić information content (AvgIpc) is 3.25. The molecule has 2 atom stereocenters. The van der Waals surface area contributed by atoms with Crippen molar-refractivity contribution < 1.29 is 14.6 Å². The van der Waals surface area contributed by atoms with Crippen LogP contribution in [0.25, 0.3) is 10.9 Å². The van der Waals surface area contributed by atoms with Crippen molar-refractivity contribution in [2.24, 2.45) is 11.8 Å².